The highest BCUT2D eigenvalue weighted by Crippen LogP contribution is 2.34. The molecule has 0 aromatic heterocycles. The predicted molar refractivity (Wildman–Crippen MR) is 105 cm³/mol. The Balaban J connectivity index is 1.75. The lowest BCUT2D eigenvalue weighted by atomic mass is 9.88. The average molecular weight is 343 g/mol. The maximum absolute atomic E-state index is 5.56. The van der Waals surface area contributed by atoms with Crippen molar-refractivity contribution in [3.05, 3.63) is 47.5 Å². The van der Waals surface area contributed by atoms with Crippen LogP contribution >= 0.6 is 0 Å². The molecule has 1 aromatic carbocycles. The minimum absolute atomic E-state index is 0.0945. The zero-order valence-corrected chi connectivity index (χ0v) is 16.2. The van der Waals surface area contributed by atoms with E-state index >= 15 is 0 Å². The Kier molecular flexibility index (Phi) is 6.32. The number of rotatable bonds is 5. The summed E-state index contributed by atoms with van der Waals surface area (Å²) < 4.78 is 5.56. The van der Waals surface area contributed by atoms with Crippen molar-refractivity contribution in [2.75, 3.05) is 39.4 Å². The first-order valence-corrected chi connectivity index (χ1v) is 9.90. The maximum Gasteiger partial charge on any atom is 0.0594 e. The number of hydrogen-bond acceptors (Lipinski definition) is 3. The summed E-state index contributed by atoms with van der Waals surface area (Å²) in [6.07, 6.45) is 6.29. The first-order chi connectivity index (χ1) is 12.1. The second-order valence-electron chi connectivity index (χ2n) is 7.87. The minimum atomic E-state index is 0.0945. The van der Waals surface area contributed by atoms with E-state index in [1.807, 2.05) is 0 Å². The molecule has 2 saturated heterocycles. The van der Waals surface area contributed by atoms with Crippen LogP contribution in [0.5, 0.6) is 0 Å². The van der Waals surface area contributed by atoms with E-state index in [0.717, 1.165) is 32.8 Å². The van der Waals surface area contributed by atoms with E-state index in [-0.39, 0.29) is 5.54 Å². The lowest BCUT2D eigenvalue weighted by Gasteiger charge is -2.45. The van der Waals surface area contributed by atoms with Crippen LogP contribution in [-0.2, 0) is 4.74 Å². The molecule has 1 unspecified atom stereocenters. The van der Waals surface area contributed by atoms with E-state index in [2.05, 4.69) is 67.0 Å². The molecule has 3 rings (SSSR count). The summed E-state index contributed by atoms with van der Waals surface area (Å²) in [7, 11) is 0. The number of likely N-dealkylation sites (tertiary alicyclic amines) is 1. The van der Waals surface area contributed by atoms with E-state index in [1.165, 1.54) is 36.9 Å². The zero-order valence-electron chi connectivity index (χ0n) is 16.2. The third-order valence-electron chi connectivity index (χ3n) is 6.11. The van der Waals surface area contributed by atoms with Gasteiger partial charge in [-0.15, -0.1) is 0 Å². The number of morpholine rings is 1. The second kappa shape index (κ2) is 8.48. The Hall–Kier alpha value is -1.16. The average Bonchev–Trinajstić information content (AvgIpc) is 2.67. The fourth-order valence-electron chi connectivity index (χ4n) is 4.42. The third kappa shape index (κ3) is 4.33. The topological polar surface area (TPSA) is 15.7 Å². The molecule has 3 nitrogen and oxygen atoms in total. The first-order valence-electron chi connectivity index (χ1n) is 9.90. The molecule has 25 heavy (non-hydrogen) atoms. The highest BCUT2D eigenvalue weighted by Gasteiger charge is 2.34. The lowest BCUT2D eigenvalue weighted by molar-refractivity contribution is -0.00153. The van der Waals surface area contributed by atoms with Crippen LogP contribution in [0.2, 0.25) is 0 Å². The molecule has 2 aliphatic heterocycles. The van der Waals surface area contributed by atoms with E-state index in [0.29, 0.717) is 6.04 Å². The van der Waals surface area contributed by atoms with Crippen molar-refractivity contribution in [2.24, 2.45) is 0 Å². The van der Waals surface area contributed by atoms with Gasteiger partial charge in [-0.05, 0) is 51.3 Å². The van der Waals surface area contributed by atoms with Crippen molar-refractivity contribution in [1.29, 1.82) is 0 Å². The summed E-state index contributed by atoms with van der Waals surface area (Å²) in [5.74, 6) is 0. The van der Waals surface area contributed by atoms with Crippen molar-refractivity contribution in [3.8, 4) is 0 Å². The molecule has 0 radical (unpaired) electrons. The first kappa shape index (κ1) is 18.6. The van der Waals surface area contributed by atoms with Gasteiger partial charge in [-0.1, -0.05) is 42.8 Å². The van der Waals surface area contributed by atoms with Crippen molar-refractivity contribution in [2.45, 2.75) is 51.6 Å². The Labute approximate surface area is 153 Å². The maximum atomic E-state index is 5.56. The van der Waals surface area contributed by atoms with E-state index in [9.17, 15) is 0 Å². The fourth-order valence-corrected chi connectivity index (χ4v) is 4.42. The number of benzene rings is 1. The Bertz CT molecular complexity index is 561. The molecule has 2 aliphatic rings. The molecule has 1 atom stereocenters. The molecule has 0 saturated carbocycles. The summed E-state index contributed by atoms with van der Waals surface area (Å²) in [5, 5.41) is 0. The Morgan fingerprint density at radius 2 is 1.84 bits per heavy atom. The van der Waals surface area contributed by atoms with Crippen LogP contribution in [0.3, 0.4) is 0 Å². The number of allylic oxidation sites excluding steroid dienone is 1. The van der Waals surface area contributed by atoms with Gasteiger partial charge < -0.3 is 4.74 Å². The Morgan fingerprint density at radius 3 is 2.52 bits per heavy atom. The molecular weight excluding hydrogens is 308 g/mol. The van der Waals surface area contributed by atoms with Crippen LogP contribution in [-0.4, -0.2) is 54.7 Å². The van der Waals surface area contributed by atoms with Gasteiger partial charge in [0.2, 0.25) is 0 Å². The highest BCUT2D eigenvalue weighted by molar-refractivity contribution is 5.23. The van der Waals surface area contributed by atoms with Gasteiger partial charge in [0.05, 0.1) is 13.2 Å². The molecule has 2 fully saturated rings. The van der Waals surface area contributed by atoms with Gasteiger partial charge in [-0.25, -0.2) is 0 Å². The minimum Gasteiger partial charge on any atom is -0.379 e. The van der Waals surface area contributed by atoms with E-state index in [1.54, 1.807) is 0 Å². The zero-order chi connectivity index (χ0) is 17.7. The fraction of sp³-hybridized carbons (Fsp3) is 0.636. The number of ether oxygens (including phenoxy) is 1. The summed E-state index contributed by atoms with van der Waals surface area (Å²) in [6, 6.07) is 11.6. The molecule has 2 heterocycles. The molecule has 0 N–H and O–H groups in total. The van der Waals surface area contributed by atoms with Gasteiger partial charge in [0.1, 0.15) is 0 Å². The van der Waals surface area contributed by atoms with Crippen molar-refractivity contribution < 1.29 is 4.74 Å². The summed E-state index contributed by atoms with van der Waals surface area (Å²) in [5.41, 5.74) is 3.11. The van der Waals surface area contributed by atoms with Crippen LogP contribution in [0.25, 0.3) is 0 Å². The van der Waals surface area contributed by atoms with E-state index in [4.69, 9.17) is 4.74 Å². The number of hydrogen-bond donors (Lipinski definition) is 0. The number of nitrogens with zero attached hydrogens (tertiary/aromatic N) is 2. The van der Waals surface area contributed by atoms with Gasteiger partial charge in [0.15, 0.2) is 0 Å². The summed E-state index contributed by atoms with van der Waals surface area (Å²) >= 11 is 0. The third-order valence-corrected chi connectivity index (χ3v) is 6.11. The largest absolute Gasteiger partial charge is 0.379 e. The second-order valence-corrected chi connectivity index (χ2v) is 7.87. The molecule has 3 heteroatoms. The highest BCUT2D eigenvalue weighted by atomic mass is 16.5. The van der Waals surface area contributed by atoms with Crippen LogP contribution in [0.15, 0.2) is 42.0 Å². The monoisotopic (exact) mass is 342 g/mol. The SMILES string of the molecule is CC=C(CN1CCCCC1c1ccccc1)C(C)(C)N1CCOCC1. The smallest absolute Gasteiger partial charge is 0.0594 e. The summed E-state index contributed by atoms with van der Waals surface area (Å²) in [4.78, 5) is 5.30. The molecule has 0 bridgehead atoms. The van der Waals surface area contributed by atoms with Gasteiger partial charge >= 0.3 is 0 Å². The van der Waals surface area contributed by atoms with Crippen molar-refractivity contribution in [3.63, 3.8) is 0 Å². The molecule has 138 valence electrons. The predicted octanol–water partition coefficient (Wildman–Crippen LogP) is 4.27. The van der Waals surface area contributed by atoms with Gasteiger partial charge in [-0.3, -0.25) is 9.80 Å². The van der Waals surface area contributed by atoms with Crippen LogP contribution in [0.1, 0.15) is 51.6 Å². The van der Waals surface area contributed by atoms with E-state index < -0.39 is 0 Å². The van der Waals surface area contributed by atoms with Crippen molar-refractivity contribution >= 4 is 0 Å². The summed E-state index contributed by atoms with van der Waals surface area (Å²) in [6.45, 7) is 13.0. The standard InChI is InChI=1S/C22H34N2O/c1-4-20(22(2,3)24-14-16-25-17-15-24)18-23-13-9-8-12-21(23)19-10-6-5-7-11-19/h4-7,10-11,21H,8-9,12-18H2,1-3H3. The molecule has 1 aromatic rings. The van der Waals surface area contributed by atoms with Crippen LogP contribution < -0.4 is 0 Å². The van der Waals surface area contributed by atoms with Gasteiger partial charge in [0.25, 0.3) is 0 Å². The quantitative estimate of drug-likeness (QED) is 0.743. The molecule has 0 aliphatic carbocycles. The number of piperidine rings is 1. The Morgan fingerprint density at radius 1 is 1.12 bits per heavy atom. The molecular formula is C22H34N2O. The van der Waals surface area contributed by atoms with Crippen LogP contribution in [0, 0.1) is 0 Å². The molecule has 0 amide bonds. The van der Waals surface area contributed by atoms with Gasteiger partial charge in [0, 0.05) is 31.2 Å². The molecule has 0 spiro atoms. The van der Waals surface area contributed by atoms with Crippen molar-refractivity contribution in [1.82, 2.24) is 9.80 Å². The van der Waals surface area contributed by atoms with Crippen LogP contribution in [0.4, 0.5) is 0 Å². The normalized spacial score (nSPS) is 24.4. The lowest BCUT2D eigenvalue weighted by Crippen LogP contribution is -2.53. The van der Waals surface area contributed by atoms with Gasteiger partial charge in [-0.2, -0.15) is 0 Å².